The summed E-state index contributed by atoms with van der Waals surface area (Å²) in [6.07, 6.45) is 2.72. The van der Waals surface area contributed by atoms with Gasteiger partial charge in [-0.3, -0.25) is 0 Å². The Labute approximate surface area is 113 Å². The summed E-state index contributed by atoms with van der Waals surface area (Å²) in [5, 5.41) is 12.4. The van der Waals surface area contributed by atoms with Gasteiger partial charge < -0.3 is 5.32 Å². The van der Waals surface area contributed by atoms with E-state index >= 15 is 0 Å². The average molecular weight is 279 g/mol. The molecule has 1 N–H and O–H groups in total. The van der Waals surface area contributed by atoms with Gasteiger partial charge in [0.15, 0.2) is 5.65 Å². The molecule has 92 valence electrons. The van der Waals surface area contributed by atoms with Gasteiger partial charge in [-0.15, -0.1) is 5.10 Å². The van der Waals surface area contributed by atoms with Gasteiger partial charge in [0, 0.05) is 12.7 Å². The van der Waals surface area contributed by atoms with Crippen molar-refractivity contribution in [2.75, 3.05) is 11.9 Å². The van der Waals surface area contributed by atoms with E-state index in [1.807, 2.05) is 6.07 Å². The lowest BCUT2D eigenvalue weighted by atomic mass is 10.2. The fraction of sp³-hybridized carbons (Fsp3) is 0.167. The highest BCUT2D eigenvalue weighted by molar-refractivity contribution is 7.07. The van der Waals surface area contributed by atoms with Gasteiger partial charge in [0.2, 0.25) is 5.95 Å². The molecule has 0 fully saturated rings. The van der Waals surface area contributed by atoms with Gasteiger partial charge in [0.25, 0.3) is 0 Å². The van der Waals surface area contributed by atoms with Crippen LogP contribution in [0.3, 0.4) is 0 Å². The van der Waals surface area contributed by atoms with Crippen molar-refractivity contribution in [1.82, 2.24) is 14.6 Å². The van der Waals surface area contributed by atoms with Crippen LogP contribution in [-0.4, -0.2) is 21.1 Å². The highest BCUT2D eigenvalue weighted by Crippen LogP contribution is 2.12. The molecule has 0 bridgehead atoms. The monoisotopic (exact) mass is 278 g/mol. The summed E-state index contributed by atoms with van der Waals surface area (Å²) in [6.45, 7) is 0.821. The first kappa shape index (κ1) is 11.5. The van der Waals surface area contributed by atoms with Gasteiger partial charge in [-0.25, -0.2) is 4.52 Å². The number of nitrogens with zero attached hydrogens (tertiary/aromatic N) is 3. The molecule has 4 nitrogen and oxygen atoms in total. The van der Waals surface area contributed by atoms with E-state index in [9.17, 15) is 0 Å². The van der Waals surface area contributed by atoms with E-state index in [-0.39, 0.29) is 0 Å². The zero-order valence-electron chi connectivity index (χ0n) is 9.51. The number of fused-ring (bicyclic) bond motifs is 1. The average Bonchev–Trinajstić information content (AvgIpc) is 2.97. The third-order valence-electron chi connectivity index (χ3n) is 2.57. The second kappa shape index (κ2) is 4.96. The molecule has 0 aliphatic heterocycles. The molecule has 0 amide bonds. The quantitative estimate of drug-likeness (QED) is 0.797. The smallest absolute Gasteiger partial charge is 0.243 e. The van der Waals surface area contributed by atoms with Crippen LogP contribution >= 0.6 is 22.9 Å². The lowest BCUT2D eigenvalue weighted by Gasteiger charge is -1.98. The molecule has 3 rings (SSSR count). The number of anilines is 1. The third-order valence-corrected chi connectivity index (χ3v) is 3.53. The number of halogens is 1. The van der Waals surface area contributed by atoms with Crippen LogP contribution in [0.15, 0.2) is 35.2 Å². The van der Waals surface area contributed by atoms with E-state index in [0.717, 1.165) is 18.6 Å². The van der Waals surface area contributed by atoms with Gasteiger partial charge in [-0.2, -0.15) is 16.3 Å². The number of hydrogen-bond acceptors (Lipinski definition) is 4. The van der Waals surface area contributed by atoms with Crippen molar-refractivity contribution in [3.8, 4) is 0 Å². The second-order valence-corrected chi connectivity index (χ2v) is 5.11. The molecule has 0 radical (unpaired) electrons. The molecule has 0 aliphatic carbocycles. The minimum atomic E-state index is 0.632. The molecule has 0 aliphatic rings. The van der Waals surface area contributed by atoms with Gasteiger partial charge >= 0.3 is 0 Å². The summed E-state index contributed by atoms with van der Waals surface area (Å²) in [5.41, 5.74) is 2.12. The van der Waals surface area contributed by atoms with E-state index < -0.39 is 0 Å². The molecule has 0 saturated carbocycles. The van der Waals surface area contributed by atoms with E-state index in [4.69, 9.17) is 11.6 Å². The van der Waals surface area contributed by atoms with Crippen LogP contribution in [0.1, 0.15) is 5.56 Å². The van der Waals surface area contributed by atoms with Crippen LogP contribution in [0.4, 0.5) is 5.95 Å². The molecule has 3 aromatic rings. The Morgan fingerprint density at radius 3 is 3.11 bits per heavy atom. The molecular weight excluding hydrogens is 268 g/mol. The van der Waals surface area contributed by atoms with E-state index in [1.54, 1.807) is 28.1 Å². The van der Waals surface area contributed by atoms with Crippen LogP contribution in [0, 0.1) is 0 Å². The summed E-state index contributed by atoms with van der Waals surface area (Å²) in [6, 6.07) is 5.78. The van der Waals surface area contributed by atoms with Crippen molar-refractivity contribution in [2.45, 2.75) is 6.42 Å². The molecule has 3 aromatic heterocycles. The van der Waals surface area contributed by atoms with Crippen molar-refractivity contribution < 1.29 is 0 Å². The van der Waals surface area contributed by atoms with Crippen LogP contribution < -0.4 is 5.32 Å². The molecule has 0 atom stereocenters. The SMILES string of the molecule is Clc1ccc2nc(NCCc3ccsc3)nn2c1. The van der Waals surface area contributed by atoms with E-state index in [0.29, 0.717) is 11.0 Å². The Balaban J connectivity index is 1.67. The third kappa shape index (κ3) is 2.47. The minimum Gasteiger partial charge on any atom is -0.353 e. The minimum absolute atomic E-state index is 0.632. The normalized spacial score (nSPS) is 10.9. The van der Waals surface area contributed by atoms with Crippen LogP contribution in [0.2, 0.25) is 5.02 Å². The fourth-order valence-corrected chi connectivity index (χ4v) is 2.55. The molecular formula is C12H11ClN4S. The van der Waals surface area contributed by atoms with Crippen molar-refractivity contribution in [2.24, 2.45) is 0 Å². The molecule has 18 heavy (non-hydrogen) atoms. The molecule has 6 heteroatoms. The lowest BCUT2D eigenvalue weighted by Crippen LogP contribution is -2.05. The lowest BCUT2D eigenvalue weighted by molar-refractivity contribution is 0.939. The van der Waals surface area contributed by atoms with Gasteiger partial charge in [0.05, 0.1) is 5.02 Å². The predicted molar refractivity (Wildman–Crippen MR) is 74.5 cm³/mol. The van der Waals surface area contributed by atoms with Crippen molar-refractivity contribution in [3.63, 3.8) is 0 Å². The van der Waals surface area contributed by atoms with Crippen molar-refractivity contribution >= 4 is 34.5 Å². The molecule has 0 unspecified atom stereocenters. The topological polar surface area (TPSA) is 42.2 Å². The highest BCUT2D eigenvalue weighted by Gasteiger charge is 2.03. The molecule has 0 aromatic carbocycles. The van der Waals surface area contributed by atoms with Crippen LogP contribution in [0.5, 0.6) is 0 Å². The van der Waals surface area contributed by atoms with Gasteiger partial charge in [0.1, 0.15) is 0 Å². The first-order valence-corrected chi connectivity index (χ1v) is 6.90. The van der Waals surface area contributed by atoms with Crippen molar-refractivity contribution in [1.29, 1.82) is 0 Å². The number of nitrogens with one attached hydrogen (secondary N) is 1. The van der Waals surface area contributed by atoms with Crippen LogP contribution in [0.25, 0.3) is 5.65 Å². The predicted octanol–water partition coefficient (Wildman–Crippen LogP) is 3.10. The highest BCUT2D eigenvalue weighted by atomic mass is 35.5. The number of hydrogen-bond donors (Lipinski definition) is 1. The zero-order valence-corrected chi connectivity index (χ0v) is 11.1. The Bertz CT molecular complexity index is 647. The maximum atomic E-state index is 5.89. The standard InChI is InChI=1S/C12H11ClN4S/c13-10-1-2-11-15-12(16-17(11)7-10)14-5-3-9-4-6-18-8-9/h1-2,4,6-8H,3,5H2,(H,14,16). The Kier molecular flexibility index (Phi) is 3.17. The van der Waals surface area contributed by atoms with Crippen LogP contribution in [-0.2, 0) is 6.42 Å². The first-order chi connectivity index (χ1) is 8.81. The van der Waals surface area contributed by atoms with E-state index in [2.05, 4.69) is 32.2 Å². The summed E-state index contributed by atoms with van der Waals surface area (Å²) in [7, 11) is 0. The summed E-state index contributed by atoms with van der Waals surface area (Å²) in [5.74, 6) is 0.632. The first-order valence-electron chi connectivity index (χ1n) is 5.58. The van der Waals surface area contributed by atoms with Crippen molar-refractivity contribution in [3.05, 3.63) is 45.7 Å². The Morgan fingerprint density at radius 2 is 2.28 bits per heavy atom. The Morgan fingerprint density at radius 1 is 1.33 bits per heavy atom. The molecule has 3 heterocycles. The number of thiophene rings is 1. The largest absolute Gasteiger partial charge is 0.353 e. The number of aromatic nitrogens is 3. The van der Waals surface area contributed by atoms with E-state index in [1.165, 1.54) is 5.56 Å². The summed E-state index contributed by atoms with van der Waals surface area (Å²) >= 11 is 7.61. The summed E-state index contributed by atoms with van der Waals surface area (Å²) < 4.78 is 1.68. The molecule has 0 saturated heterocycles. The number of rotatable bonds is 4. The van der Waals surface area contributed by atoms with Gasteiger partial charge in [-0.1, -0.05) is 11.6 Å². The fourth-order valence-electron chi connectivity index (χ4n) is 1.69. The summed E-state index contributed by atoms with van der Waals surface area (Å²) in [4.78, 5) is 4.36. The van der Waals surface area contributed by atoms with Gasteiger partial charge in [-0.05, 0) is 40.9 Å². The molecule has 0 spiro atoms. The maximum absolute atomic E-state index is 5.89. The number of pyridine rings is 1. The maximum Gasteiger partial charge on any atom is 0.243 e. The Hall–Kier alpha value is -1.59. The second-order valence-electron chi connectivity index (χ2n) is 3.89. The zero-order chi connectivity index (χ0) is 12.4.